The van der Waals surface area contributed by atoms with Crippen molar-refractivity contribution in [2.75, 3.05) is 0 Å². The van der Waals surface area contributed by atoms with E-state index in [4.69, 9.17) is 8.83 Å². The van der Waals surface area contributed by atoms with Gasteiger partial charge in [-0.15, -0.1) is 22.7 Å². The Morgan fingerprint density at radius 3 is 1.41 bits per heavy atom. The topological polar surface area (TPSA) is 85.1 Å². The summed E-state index contributed by atoms with van der Waals surface area (Å²) < 4.78 is 12.5. The Morgan fingerprint density at radius 2 is 1.09 bits per heavy atom. The lowest BCUT2D eigenvalue weighted by atomic mass is 10.4. The number of rotatable bonds is 2. The molecular weight excluding hydrogens is 324 g/mol. The molecule has 3 rings (SSSR count). The minimum Gasteiger partial charge on any atom is -0.402 e. The van der Waals surface area contributed by atoms with E-state index in [0.717, 1.165) is 0 Å². The first kappa shape index (κ1) is 15.1. The van der Waals surface area contributed by atoms with Crippen LogP contribution in [-0.4, -0.2) is 12.1 Å². The van der Waals surface area contributed by atoms with Gasteiger partial charge in [-0.05, 0) is 27.7 Å². The second kappa shape index (κ2) is 5.44. The molecule has 0 aromatic carbocycles. The van der Waals surface area contributed by atoms with Gasteiger partial charge in [-0.25, -0.2) is 19.6 Å². The summed E-state index contributed by atoms with van der Waals surface area (Å²) in [6.07, 6.45) is 0. The zero-order chi connectivity index (χ0) is 16.0. The van der Waals surface area contributed by atoms with Gasteiger partial charge in [-0.1, -0.05) is 0 Å². The fourth-order valence-electron chi connectivity index (χ4n) is 1.94. The molecule has 6 nitrogen and oxygen atoms in total. The minimum atomic E-state index is -0.443. The van der Waals surface area contributed by atoms with Gasteiger partial charge in [0.1, 0.15) is 18.8 Å². The van der Waals surface area contributed by atoms with E-state index in [9.17, 15) is 9.59 Å². The Labute approximate surface area is 132 Å². The summed E-state index contributed by atoms with van der Waals surface area (Å²) in [5, 5.41) is 0. The fourth-order valence-corrected chi connectivity index (χ4v) is 4.17. The van der Waals surface area contributed by atoms with Crippen LogP contribution in [0.5, 0.6) is 0 Å². The van der Waals surface area contributed by atoms with Crippen LogP contribution in [0.3, 0.4) is 0 Å². The van der Waals surface area contributed by atoms with Gasteiger partial charge >= 0.3 is 11.3 Å². The van der Waals surface area contributed by atoms with Gasteiger partial charge in [0.15, 0.2) is 0 Å². The zero-order valence-corrected chi connectivity index (χ0v) is 14.1. The van der Waals surface area contributed by atoms with Crippen molar-refractivity contribution >= 4 is 41.5 Å². The molecule has 22 heavy (non-hydrogen) atoms. The standard InChI is InChI=1S/C14H14N2O4S2/c1-5(2)15-11-7-9(13(17)19-11)22-8-10(21-7)14(18)20-12(8)16-6(3)4/h5-6H,1-4H3. The van der Waals surface area contributed by atoms with Gasteiger partial charge in [0, 0.05) is 12.1 Å². The first-order valence-electron chi connectivity index (χ1n) is 6.81. The van der Waals surface area contributed by atoms with Crippen molar-refractivity contribution in [2.45, 2.75) is 39.8 Å². The predicted octanol–water partition coefficient (Wildman–Crippen LogP) is 2.08. The second-order valence-electron chi connectivity index (χ2n) is 5.36. The van der Waals surface area contributed by atoms with Crippen molar-refractivity contribution in [3.63, 3.8) is 0 Å². The van der Waals surface area contributed by atoms with Crippen molar-refractivity contribution in [3.05, 3.63) is 31.9 Å². The van der Waals surface area contributed by atoms with Crippen molar-refractivity contribution in [3.8, 4) is 0 Å². The van der Waals surface area contributed by atoms with Crippen LogP contribution in [0.2, 0.25) is 0 Å². The van der Waals surface area contributed by atoms with Gasteiger partial charge in [-0.3, -0.25) is 0 Å². The lowest BCUT2D eigenvalue weighted by molar-refractivity contribution is 0.475. The molecule has 3 heterocycles. The lowest BCUT2D eigenvalue weighted by Crippen LogP contribution is -2.04. The third-order valence-corrected chi connectivity index (χ3v) is 5.28. The van der Waals surface area contributed by atoms with E-state index in [1.54, 1.807) is 0 Å². The fraction of sp³-hybridized carbons (Fsp3) is 0.429. The maximum absolute atomic E-state index is 12.0. The molecule has 3 aromatic heterocycles. The molecule has 0 saturated heterocycles. The highest BCUT2D eigenvalue weighted by molar-refractivity contribution is 7.36. The van der Waals surface area contributed by atoms with E-state index < -0.39 is 11.3 Å². The molecule has 0 aliphatic carbocycles. The van der Waals surface area contributed by atoms with Crippen LogP contribution < -0.4 is 22.4 Å². The van der Waals surface area contributed by atoms with Crippen LogP contribution in [0.4, 0.5) is 0 Å². The van der Waals surface area contributed by atoms with Crippen molar-refractivity contribution in [2.24, 2.45) is 9.98 Å². The number of fused-ring (bicyclic) bond motifs is 2. The molecule has 0 saturated carbocycles. The third-order valence-electron chi connectivity index (χ3n) is 2.71. The Kier molecular flexibility index (Phi) is 3.73. The highest BCUT2D eigenvalue weighted by atomic mass is 32.1. The highest BCUT2D eigenvalue weighted by Crippen LogP contribution is 2.26. The molecule has 116 valence electrons. The van der Waals surface area contributed by atoms with E-state index in [-0.39, 0.29) is 23.2 Å². The average Bonchev–Trinajstić information content (AvgIpc) is 2.87. The molecule has 0 aliphatic heterocycles. The van der Waals surface area contributed by atoms with Crippen molar-refractivity contribution in [1.29, 1.82) is 0 Å². The molecule has 0 amide bonds. The quantitative estimate of drug-likeness (QED) is 0.716. The van der Waals surface area contributed by atoms with Gasteiger partial charge in [0.05, 0.1) is 0 Å². The number of hydrogen-bond donors (Lipinski definition) is 0. The van der Waals surface area contributed by atoms with E-state index in [2.05, 4.69) is 9.98 Å². The smallest absolute Gasteiger partial charge is 0.356 e. The molecule has 8 heteroatoms. The van der Waals surface area contributed by atoms with Crippen molar-refractivity contribution in [1.82, 2.24) is 0 Å². The molecule has 3 aromatic rings. The Bertz CT molecular complexity index is 994. The zero-order valence-electron chi connectivity index (χ0n) is 12.5. The van der Waals surface area contributed by atoms with Gasteiger partial charge in [0.25, 0.3) is 0 Å². The first-order valence-corrected chi connectivity index (χ1v) is 8.45. The third kappa shape index (κ3) is 2.52. The molecule has 0 radical (unpaired) electrons. The number of nitrogens with zero attached hydrogens (tertiary/aromatic N) is 2. The van der Waals surface area contributed by atoms with E-state index in [1.165, 1.54) is 22.7 Å². The van der Waals surface area contributed by atoms with E-state index >= 15 is 0 Å². The Balaban J connectivity index is 2.50. The molecule has 0 aliphatic rings. The largest absolute Gasteiger partial charge is 0.402 e. The molecule has 0 N–H and O–H groups in total. The normalized spacial score (nSPS) is 14.3. The Morgan fingerprint density at radius 1 is 0.727 bits per heavy atom. The first-order chi connectivity index (χ1) is 10.4. The molecular formula is C14H14N2O4S2. The van der Waals surface area contributed by atoms with Crippen LogP contribution >= 0.6 is 22.7 Å². The van der Waals surface area contributed by atoms with Gasteiger partial charge in [-0.2, -0.15) is 0 Å². The molecule has 0 atom stereocenters. The summed E-state index contributed by atoms with van der Waals surface area (Å²) in [7, 11) is 0. The summed E-state index contributed by atoms with van der Waals surface area (Å²) in [6.45, 7) is 7.56. The molecule has 0 bridgehead atoms. The highest BCUT2D eigenvalue weighted by Gasteiger charge is 2.17. The SMILES string of the molecule is CC(C)N=c1oc(=O)c2sc3c(=NC(C)C)oc(=O)c3sc12. The Hall–Kier alpha value is -1.80. The minimum absolute atomic E-state index is 0.00998. The maximum Gasteiger partial charge on any atom is 0.356 e. The average molecular weight is 338 g/mol. The molecule has 0 fully saturated rings. The summed E-state index contributed by atoms with van der Waals surface area (Å²) in [4.78, 5) is 32.6. The van der Waals surface area contributed by atoms with Crippen molar-refractivity contribution < 1.29 is 8.83 Å². The van der Waals surface area contributed by atoms with Crippen LogP contribution in [0.1, 0.15) is 27.7 Å². The maximum atomic E-state index is 12.0. The van der Waals surface area contributed by atoms with E-state index in [1.807, 2.05) is 27.7 Å². The van der Waals surface area contributed by atoms with Gasteiger partial charge in [0.2, 0.25) is 11.1 Å². The molecule has 0 unspecified atom stereocenters. The summed E-state index contributed by atoms with van der Waals surface area (Å²) in [5.74, 6) is 0. The number of hydrogen-bond acceptors (Lipinski definition) is 8. The van der Waals surface area contributed by atoms with Crippen LogP contribution in [-0.2, 0) is 0 Å². The summed E-state index contributed by atoms with van der Waals surface area (Å²) in [5.41, 5.74) is -0.328. The molecule has 0 spiro atoms. The second-order valence-corrected chi connectivity index (χ2v) is 7.40. The van der Waals surface area contributed by atoms with Crippen LogP contribution in [0.15, 0.2) is 28.4 Å². The predicted molar refractivity (Wildman–Crippen MR) is 86.9 cm³/mol. The van der Waals surface area contributed by atoms with Crippen LogP contribution in [0, 0.1) is 0 Å². The summed E-state index contributed by atoms with van der Waals surface area (Å²) in [6, 6.07) is -0.0200. The lowest BCUT2D eigenvalue weighted by Gasteiger charge is -1.92. The summed E-state index contributed by atoms with van der Waals surface area (Å²) >= 11 is 2.34. The number of furan rings is 2. The van der Waals surface area contributed by atoms with E-state index in [0.29, 0.717) is 18.8 Å². The monoisotopic (exact) mass is 338 g/mol. The van der Waals surface area contributed by atoms with Crippen LogP contribution in [0.25, 0.3) is 18.8 Å². The van der Waals surface area contributed by atoms with Gasteiger partial charge < -0.3 is 8.83 Å².